The molecule has 0 aliphatic heterocycles. The molecule has 12 heavy (non-hydrogen) atoms. The summed E-state index contributed by atoms with van der Waals surface area (Å²) in [6.45, 7) is 1.86. The summed E-state index contributed by atoms with van der Waals surface area (Å²) in [7, 11) is 1.42. The van der Waals surface area contributed by atoms with Gasteiger partial charge in [0, 0.05) is 0 Å². The molecule has 0 amide bonds. The Bertz CT molecular complexity index is 256. The van der Waals surface area contributed by atoms with E-state index < -0.39 is 0 Å². The lowest BCUT2D eigenvalue weighted by Gasteiger charge is -1.97. The number of hydrogen-bond donors (Lipinski definition) is 0. The smallest absolute Gasteiger partial charge is 0.0878 e. The lowest BCUT2D eigenvalue weighted by atomic mass is 10.1. The third-order valence-electron chi connectivity index (χ3n) is 1.44. The summed E-state index contributed by atoms with van der Waals surface area (Å²) in [5.41, 5.74) is 1.81. The first-order valence-corrected chi connectivity index (χ1v) is 3.64. The van der Waals surface area contributed by atoms with Gasteiger partial charge in [-0.3, -0.25) is 0 Å². The second-order valence-corrected chi connectivity index (χ2v) is 2.28. The zero-order valence-electron chi connectivity index (χ0n) is 7.15. The van der Waals surface area contributed by atoms with Crippen LogP contribution in [-0.4, -0.2) is 12.8 Å². The van der Waals surface area contributed by atoms with Gasteiger partial charge < -0.3 is 0 Å². The Morgan fingerprint density at radius 1 is 1.25 bits per heavy atom. The van der Waals surface area contributed by atoms with Crippen LogP contribution in [-0.2, 0) is 9.88 Å². The van der Waals surface area contributed by atoms with Crippen molar-refractivity contribution in [3.05, 3.63) is 35.9 Å². The Kier molecular flexibility index (Phi) is 3.29. The van der Waals surface area contributed by atoms with Gasteiger partial charge in [0.15, 0.2) is 0 Å². The van der Waals surface area contributed by atoms with E-state index in [9.17, 15) is 0 Å². The molecule has 0 heterocycles. The van der Waals surface area contributed by atoms with Gasteiger partial charge in [0.05, 0.1) is 12.8 Å². The normalized spacial score (nSPS) is 11.3. The van der Waals surface area contributed by atoms with Crippen molar-refractivity contribution in [1.29, 1.82) is 0 Å². The van der Waals surface area contributed by atoms with Crippen molar-refractivity contribution in [2.75, 3.05) is 7.11 Å². The Morgan fingerprint density at radius 2 is 1.92 bits per heavy atom. The van der Waals surface area contributed by atoms with Crippen LogP contribution >= 0.6 is 0 Å². The summed E-state index contributed by atoms with van der Waals surface area (Å²) < 4.78 is 0. The van der Waals surface area contributed by atoms with Gasteiger partial charge in [-0.25, -0.2) is 4.99 Å². The summed E-state index contributed by atoms with van der Waals surface area (Å²) in [6.07, 6.45) is 0. The predicted octanol–water partition coefficient (Wildman–Crippen LogP) is 1.99. The molecule has 0 N–H and O–H groups in total. The third-order valence-corrected chi connectivity index (χ3v) is 1.44. The number of rotatable bonds is 3. The van der Waals surface area contributed by atoms with Crippen LogP contribution in [0.2, 0.25) is 0 Å². The van der Waals surface area contributed by atoms with Gasteiger partial charge in [0.2, 0.25) is 0 Å². The lowest BCUT2D eigenvalue weighted by Crippen LogP contribution is -1.95. The van der Waals surface area contributed by atoms with Crippen molar-refractivity contribution in [2.24, 2.45) is 5.16 Å². The standard InChI is InChI=1S/C9H11NO2/c1-8(10-12-11-2)9-6-4-3-5-7-9/h3-7H,1-2H3/b10-8+. The maximum Gasteiger partial charge on any atom is 0.0878 e. The molecule has 0 radical (unpaired) electrons. The topological polar surface area (TPSA) is 30.8 Å². The SMILES string of the molecule is COO/N=C(\C)c1ccccc1. The summed E-state index contributed by atoms with van der Waals surface area (Å²) >= 11 is 0. The average Bonchev–Trinajstić information content (AvgIpc) is 2.15. The first kappa shape index (κ1) is 8.74. The lowest BCUT2D eigenvalue weighted by molar-refractivity contribution is -0.273. The molecule has 0 aromatic heterocycles. The molecule has 0 aliphatic carbocycles. The molecule has 0 unspecified atom stereocenters. The number of benzene rings is 1. The van der Waals surface area contributed by atoms with Gasteiger partial charge in [0.1, 0.15) is 0 Å². The first-order chi connectivity index (χ1) is 5.84. The molecule has 1 aromatic carbocycles. The average molecular weight is 165 g/mol. The van der Waals surface area contributed by atoms with E-state index in [1.165, 1.54) is 7.11 Å². The van der Waals surface area contributed by atoms with Gasteiger partial charge in [-0.2, -0.15) is 4.89 Å². The summed E-state index contributed by atoms with van der Waals surface area (Å²) in [5, 5.41) is 3.71. The van der Waals surface area contributed by atoms with Crippen molar-refractivity contribution in [1.82, 2.24) is 0 Å². The molecule has 3 nitrogen and oxygen atoms in total. The molecule has 0 atom stereocenters. The molecular weight excluding hydrogens is 154 g/mol. The van der Waals surface area contributed by atoms with Crippen LogP contribution in [0.1, 0.15) is 12.5 Å². The number of hydrogen-bond acceptors (Lipinski definition) is 3. The van der Waals surface area contributed by atoms with E-state index in [0.717, 1.165) is 11.3 Å². The van der Waals surface area contributed by atoms with E-state index in [1.54, 1.807) is 0 Å². The zero-order chi connectivity index (χ0) is 8.81. The van der Waals surface area contributed by atoms with Crippen molar-refractivity contribution < 1.29 is 9.88 Å². The number of nitrogens with zero attached hydrogens (tertiary/aromatic N) is 1. The summed E-state index contributed by atoms with van der Waals surface area (Å²) in [5.74, 6) is 0. The highest BCUT2D eigenvalue weighted by molar-refractivity contribution is 5.98. The fourth-order valence-corrected chi connectivity index (χ4v) is 0.825. The maximum atomic E-state index is 4.44. The van der Waals surface area contributed by atoms with E-state index in [2.05, 4.69) is 15.0 Å². The Labute approximate surface area is 71.5 Å². The highest BCUT2D eigenvalue weighted by Crippen LogP contribution is 2.00. The van der Waals surface area contributed by atoms with E-state index >= 15 is 0 Å². The minimum Gasteiger partial charge on any atom is -0.221 e. The zero-order valence-corrected chi connectivity index (χ0v) is 7.15. The molecule has 0 saturated carbocycles. The van der Waals surface area contributed by atoms with E-state index in [1.807, 2.05) is 37.3 Å². The molecule has 64 valence electrons. The van der Waals surface area contributed by atoms with Crippen LogP contribution in [0.15, 0.2) is 35.5 Å². The monoisotopic (exact) mass is 165 g/mol. The highest BCUT2D eigenvalue weighted by Gasteiger charge is 1.94. The molecule has 3 heteroatoms. The minimum absolute atomic E-state index is 0.789. The van der Waals surface area contributed by atoms with Crippen molar-refractivity contribution in [3.63, 3.8) is 0 Å². The van der Waals surface area contributed by atoms with Crippen LogP contribution in [0.3, 0.4) is 0 Å². The van der Waals surface area contributed by atoms with Crippen LogP contribution in [0.25, 0.3) is 0 Å². The minimum atomic E-state index is 0.789. The maximum absolute atomic E-state index is 4.44. The Balaban J connectivity index is 2.71. The molecule has 1 aromatic rings. The molecular formula is C9H11NO2. The van der Waals surface area contributed by atoms with Crippen molar-refractivity contribution in [2.45, 2.75) is 6.92 Å². The van der Waals surface area contributed by atoms with E-state index in [-0.39, 0.29) is 0 Å². The third kappa shape index (κ3) is 2.36. The quantitative estimate of drug-likeness (QED) is 0.389. The molecule has 0 fully saturated rings. The Hall–Kier alpha value is -1.35. The van der Waals surface area contributed by atoms with E-state index in [4.69, 9.17) is 0 Å². The van der Waals surface area contributed by atoms with Gasteiger partial charge in [-0.05, 0) is 17.6 Å². The number of oxime groups is 1. The summed E-state index contributed by atoms with van der Waals surface area (Å²) in [6, 6.07) is 9.76. The largest absolute Gasteiger partial charge is 0.221 e. The van der Waals surface area contributed by atoms with Gasteiger partial charge in [-0.15, -0.1) is 0 Å². The highest BCUT2D eigenvalue weighted by atomic mass is 17.3. The second-order valence-electron chi connectivity index (χ2n) is 2.28. The van der Waals surface area contributed by atoms with Crippen LogP contribution in [0.4, 0.5) is 0 Å². The molecule has 0 saturated heterocycles. The van der Waals surface area contributed by atoms with Crippen LogP contribution < -0.4 is 0 Å². The van der Waals surface area contributed by atoms with Gasteiger partial charge >= 0.3 is 0 Å². The first-order valence-electron chi connectivity index (χ1n) is 3.64. The molecule has 0 spiro atoms. The van der Waals surface area contributed by atoms with Gasteiger partial charge in [-0.1, -0.05) is 30.3 Å². The fraction of sp³-hybridized carbons (Fsp3) is 0.222. The fourth-order valence-electron chi connectivity index (χ4n) is 0.825. The van der Waals surface area contributed by atoms with Crippen LogP contribution in [0, 0.1) is 0 Å². The van der Waals surface area contributed by atoms with Crippen molar-refractivity contribution >= 4 is 5.71 Å². The predicted molar refractivity (Wildman–Crippen MR) is 46.7 cm³/mol. The van der Waals surface area contributed by atoms with Crippen molar-refractivity contribution in [3.8, 4) is 0 Å². The second kappa shape index (κ2) is 4.51. The van der Waals surface area contributed by atoms with Gasteiger partial charge in [0.25, 0.3) is 0 Å². The van der Waals surface area contributed by atoms with Crippen LogP contribution in [0.5, 0.6) is 0 Å². The molecule has 1 rings (SSSR count). The molecule has 0 bridgehead atoms. The summed E-state index contributed by atoms with van der Waals surface area (Å²) in [4.78, 5) is 8.78. The Morgan fingerprint density at radius 3 is 2.50 bits per heavy atom. The van der Waals surface area contributed by atoms with E-state index in [0.29, 0.717) is 0 Å². The molecule has 0 aliphatic rings.